The summed E-state index contributed by atoms with van der Waals surface area (Å²) in [4.78, 5) is 3.67. The van der Waals surface area contributed by atoms with Gasteiger partial charge in [-0.2, -0.15) is 0 Å². The summed E-state index contributed by atoms with van der Waals surface area (Å²) in [6, 6.07) is 40.6. The fraction of sp³-hybridized carbons (Fsp3) is 0.152. The Bertz CT molecular complexity index is 1370. The molecule has 6 rings (SSSR count). The average Bonchev–Trinajstić information content (AvgIpc) is 3.36. The van der Waals surface area contributed by atoms with E-state index in [4.69, 9.17) is 4.74 Å². The van der Waals surface area contributed by atoms with E-state index in [1.165, 1.54) is 16.5 Å². The molecule has 0 fully saturated rings. The maximum atomic E-state index is 14.3. The molecular weight excluding hydrogens is 477 g/mol. The molecule has 0 bridgehead atoms. The zero-order chi connectivity index (χ0) is 25.1. The minimum atomic E-state index is -0.788. The lowest BCUT2D eigenvalue weighted by molar-refractivity contribution is 0.161. The highest BCUT2D eigenvalue weighted by Crippen LogP contribution is 2.44. The summed E-state index contributed by atoms with van der Waals surface area (Å²) in [6.07, 6.45) is 0.937. The predicted molar refractivity (Wildman–Crippen MR) is 148 cm³/mol. The van der Waals surface area contributed by atoms with Crippen LogP contribution < -0.4 is 4.74 Å². The first-order chi connectivity index (χ1) is 18.2. The normalized spacial score (nSPS) is 13.8. The van der Waals surface area contributed by atoms with E-state index in [9.17, 15) is 4.39 Å². The Morgan fingerprint density at radius 1 is 0.730 bits per heavy atom. The van der Waals surface area contributed by atoms with Crippen LogP contribution in [-0.2, 0) is 25.1 Å². The molecule has 0 amide bonds. The van der Waals surface area contributed by atoms with Gasteiger partial charge in [-0.1, -0.05) is 109 Å². The number of hydrogen-bond acceptors (Lipinski definition) is 3. The zero-order valence-corrected chi connectivity index (χ0v) is 21.3. The Hall–Kier alpha value is -3.73. The molecule has 4 aromatic carbocycles. The maximum Gasteiger partial charge on any atom is 0.185 e. The van der Waals surface area contributed by atoms with Gasteiger partial charge in [0.1, 0.15) is 5.82 Å². The van der Waals surface area contributed by atoms with Gasteiger partial charge in [0, 0.05) is 46.8 Å². The third-order valence-corrected chi connectivity index (χ3v) is 8.18. The van der Waals surface area contributed by atoms with Crippen LogP contribution in [-0.4, -0.2) is 11.4 Å². The van der Waals surface area contributed by atoms with Crippen molar-refractivity contribution in [2.45, 2.75) is 25.1 Å². The Kier molecular flexibility index (Phi) is 6.60. The number of benzene rings is 4. The molecule has 37 heavy (non-hydrogen) atoms. The molecule has 0 atom stereocenters. The minimum Gasteiger partial charge on any atom is -0.463 e. The van der Waals surface area contributed by atoms with Crippen LogP contribution in [0.4, 0.5) is 4.39 Å². The van der Waals surface area contributed by atoms with E-state index in [0.717, 1.165) is 46.8 Å². The molecule has 1 aromatic heterocycles. The van der Waals surface area contributed by atoms with Crippen molar-refractivity contribution in [3.63, 3.8) is 0 Å². The van der Waals surface area contributed by atoms with Crippen molar-refractivity contribution in [2.75, 3.05) is 6.54 Å². The second-order valence-corrected chi connectivity index (χ2v) is 10.5. The van der Waals surface area contributed by atoms with Crippen molar-refractivity contribution < 1.29 is 9.13 Å². The maximum absolute atomic E-state index is 14.3. The summed E-state index contributed by atoms with van der Waals surface area (Å²) >= 11 is 1.73. The van der Waals surface area contributed by atoms with Gasteiger partial charge < -0.3 is 4.74 Å². The molecule has 0 saturated carbocycles. The lowest BCUT2D eigenvalue weighted by atomic mass is 9.80. The highest BCUT2D eigenvalue weighted by molar-refractivity contribution is 7.14. The molecule has 0 aliphatic carbocycles. The molecule has 0 N–H and O–H groups in total. The smallest absolute Gasteiger partial charge is 0.185 e. The van der Waals surface area contributed by atoms with Crippen LogP contribution in [0.2, 0.25) is 0 Å². The highest BCUT2D eigenvalue weighted by atomic mass is 32.1. The summed E-state index contributed by atoms with van der Waals surface area (Å²) in [5, 5.41) is 0.898. The molecule has 5 aromatic rings. The van der Waals surface area contributed by atoms with Gasteiger partial charge in [-0.3, -0.25) is 4.90 Å². The van der Waals surface area contributed by atoms with E-state index >= 15 is 0 Å². The largest absolute Gasteiger partial charge is 0.463 e. The molecule has 0 radical (unpaired) electrons. The average molecular weight is 506 g/mol. The summed E-state index contributed by atoms with van der Waals surface area (Å²) in [6.45, 7) is 2.31. The number of ether oxygens (including phenoxy) is 1. The lowest BCUT2D eigenvalue weighted by Crippen LogP contribution is -2.35. The van der Waals surface area contributed by atoms with Gasteiger partial charge in [0.25, 0.3) is 0 Å². The Labute approximate surface area is 221 Å². The van der Waals surface area contributed by atoms with Gasteiger partial charge in [0.2, 0.25) is 0 Å². The summed E-state index contributed by atoms with van der Waals surface area (Å²) in [5.41, 5.74) is 4.48. The molecule has 2 heterocycles. The molecule has 184 valence electrons. The lowest BCUT2D eigenvalue weighted by Gasteiger charge is -2.35. The fourth-order valence-corrected chi connectivity index (χ4v) is 6.32. The number of thiophene rings is 1. The number of halogens is 1. The second-order valence-electron chi connectivity index (χ2n) is 9.45. The Morgan fingerprint density at radius 3 is 1.84 bits per heavy atom. The number of nitrogens with zero attached hydrogens (tertiary/aromatic N) is 1. The van der Waals surface area contributed by atoms with Crippen LogP contribution in [0.25, 0.3) is 0 Å². The van der Waals surface area contributed by atoms with Crippen molar-refractivity contribution >= 4 is 11.3 Å². The van der Waals surface area contributed by atoms with Gasteiger partial charge in [-0.15, -0.1) is 11.3 Å². The van der Waals surface area contributed by atoms with Gasteiger partial charge in [0.15, 0.2) is 10.7 Å². The van der Waals surface area contributed by atoms with Gasteiger partial charge >= 0.3 is 0 Å². The van der Waals surface area contributed by atoms with Gasteiger partial charge in [0.05, 0.1) is 0 Å². The van der Waals surface area contributed by atoms with Crippen molar-refractivity contribution in [1.82, 2.24) is 4.90 Å². The van der Waals surface area contributed by atoms with Crippen molar-refractivity contribution in [3.8, 4) is 5.06 Å². The first-order valence-electron chi connectivity index (χ1n) is 12.7. The van der Waals surface area contributed by atoms with Gasteiger partial charge in [-0.25, -0.2) is 4.39 Å². The Morgan fingerprint density at radius 2 is 1.27 bits per heavy atom. The molecular formula is C33H28FNOS. The topological polar surface area (TPSA) is 12.5 Å². The SMILES string of the molecule is Fc1ccccc1CN1CCc2sc(OC(c3ccccc3)(c3ccccc3)c3ccccc3)cc2C1. The van der Waals surface area contributed by atoms with E-state index < -0.39 is 5.60 Å². The summed E-state index contributed by atoms with van der Waals surface area (Å²) < 4.78 is 21.4. The number of fused-ring (bicyclic) bond motifs is 1. The van der Waals surface area contributed by atoms with Crippen molar-refractivity contribution in [1.29, 1.82) is 0 Å². The van der Waals surface area contributed by atoms with Crippen LogP contribution in [0.5, 0.6) is 5.06 Å². The van der Waals surface area contributed by atoms with E-state index in [0.29, 0.717) is 6.54 Å². The minimum absolute atomic E-state index is 0.138. The zero-order valence-electron chi connectivity index (χ0n) is 20.5. The fourth-order valence-electron chi connectivity index (χ4n) is 5.26. The molecule has 0 spiro atoms. The first kappa shape index (κ1) is 23.7. The molecule has 1 aliphatic heterocycles. The molecule has 2 nitrogen and oxygen atoms in total. The van der Waals surface area contributed by atoms with Crippen molar-refractivity contribution in [2.24, 2.45) is 0 Å². The number of rotatable bonds is 7. The van der Waals surface area contributed by atoms with Crippen LogP contribution in [0, 0.1) is 5.82 Å². The first-order valence-corrected chi connectivity index (χ1v) is 13.5. The quantitative estimate of drug-likeness (QED) is 0.209. The third kappa shape index (κ3) is 4.71. The van der Waals surface area contributed by atoms with E-state index in [1.54, 1.807) is 17.4 Å². The standard InChI is InChI=1S/C33H28FNOS/c34-30-19-11-10-12-25(30)23-35-21-20-31-26(24-35)22-32(37-31)36-33(27-13-4-1-5-14-27,28-15-6-2-7-16-28)29-17-8-3-9-18-29/h1-19,22H,20-21,23-24H2. The van der Waals surface area contributed by atoms with E-state index in [1.807, 2.05) is 30.3 Å². The molecule has 0 unspecified atom stereocenters. The third-order valence-electron chi connectivity index (χ3n) is 7.07. The van der Waals surface area contributed by atoms with Crippen molar-refractivity contribution in [3.05, 3.63) is 160 Å². The second kappa shape index (κ2) is 10.3. The summed E-state index contributed by atoms with van der Waals surface area (Å²) in [7, 11) is 0. The van der Waals surface area contributed by atoms with E-state index in [-0.39, 0.29) is 5.82 Å². The Balaban J connectivity index is 1.38. The van der Waals surface area contributed by atoms with Crippen LogP contribution in [0.1, 0.15) is 32.7 Å². The van der Waals surface area contributed by atoms with Crippen LogP contribution in [0.3, 0.4) is 0 Å². The summed E-state index contributed by atoms with van der Waals surface area (Å²) in [5.74, 6) is -0.138. The predicted octanol–water partition coefficient (Wildman–Crippen LogP) is 7.82. The van der Waals surface area contributed by atoms with Crippen LogP contribution in [0.15, 0.2) is 121 Å². The molecule has 4 heteroatoms. The molecule has 0 saturated heterocycles. The van der Waals surface area contributed by atoms with Crippen LogP contribution >= 0.6 is 11.3 Å². The van der Waals surface area contributed by atoms with Gasteiger partial charge in [-0.05, 0) is 24.1 Å². The monoisotopic (exact) mass is 505 g/mol. The molecule has 1 aliphatic rings. The number of hydrogen-bond donors (Lipinski definition) is 0. The van der Waals surface area contributed by atoms with E-state index in [2.05, 4.69) is 83.8 Å². The highest BCUT2D eigenvalue weighted by Gasteiger charge is 2.39.